The van der Waals surface area contributed by atoms with Crippen LogP contribution in [-0.2, 0) is 19.3 Å². The van der Waals surface area contributed by atoms with E-state index in [4.69, 9.17) is 5.73 Å². The van der Waals surface area contributed by atoms with Crippen molar-refractivity contribution in [2.75, 3.05) is 13.1 Å². The van der Waals surface area contributed by atoms with Crippen molar-refractivity contribution in [3.63, 3.8) is 0 Å². The molecule has 2 aromatic rings. The number of nitrogens with two attached hydrogens (primary N) is 1. The molecule has 0 atom stereocenters. The quantitative estimate of drug-likeness (QED) is 0.829. The molecule has 0 spiro atoms. The van der Waals surface area contributed by atoms with Crippen molar-refractivity contribution in [1.82, 2.24) is 9.80 Å². The van der Waals surface area contributed by atoms with Crippen LogP contribution >= 0.6 is 0 Å². The molecule has 1 fully saturated rings. The molecular formula is C22H22F3N3O2. The van der Waals surface area contributed by atoms with Gasteiger partial charge in [-0.3, -0.25) is 14.5 Å². The van der Waals surface area contributed by atoms with Gasteiger partial charge in [0, 0.05) is 32.2 Å². The van der Waals surface area contributed by atoms with Crippen molar-refractivity contribution >= 4 is 11.8 Å². The van der Waals surface area contributed by atoms with E-state index in [2.05, 4.69) is 0 Å². The Morgan fingerprint density at radius 3 is 2.43 bits per heavy atom. The molecule has 30 heavy (non-hydrogen) atoms. The molecule has 0 aromatic heterocycles. The van der Waals surface area contributed by atoms with Crippen LogP contribution in [0.25, 0.3) is 0 Å². The Bertz CT molecular complexity index is 982. The van der Waals surface area contributed by atoms with Crippen molar-refractivity contribution in [1.29, 1.82) is 0 Å². The van der Waals surface area contributed by atoms with Gasteiger partial charge >= 0.3 is 6.18 Å². The predicted octanol–water partition coefficient (Wildman–Crippen LogP) is 3.42. The van der Waals surface area contributed by atoms with Crippen LogP contribution in [-0.4, -0.2) is 40.7 Å². The smallest absolute Gasteiger partial charge is 0.366 e. The second kappa shape index (κ2) is 7.75. The summed E-state index contributed by atoms with van der Waals surface area (Å²) in [6.07, 6.45) is -3.04. The van der Waals surface area contributed by atoms with Crippen molar-refractivity contribution in [3.8, 4) is 0 Å². The Balaban J connectivity index is 1.42. The Morgan fingerprint density at radius 1 is 1.07 bits per heavy atom. The number of likely N-dealkylation sites (tertiary alicyclic amines) is 1. The number of hydrogen-bond donors (Lipinski definition) is 1. The normalized spacial score (nSPS) is 18.0. The van der Waals surface area contributed by atoms with Crippen molar-refractivity contribution in [2.24, 2.45) is 5.73 Å². The molecule has 0 bridgehead atoms. The van der Waals surface area contributed by atoms with Gasteiger partial charge < -0.3 is 10.6 Å². The average Bonchev–Trinajstić information content (AvgIpc) is 3.05. The zero-order valence-electron chi connectivity index (χ0n) is 16.3. The summed E-state index contributed by atoms with van der Waals surface area (Å²) in [6, 6.07) is 10.7. The van der Waals surface area contributed by atoms with Crippen LogP contribution < -0.4 is 5.73 Å². The molecule has 2 N–H and O–H groups in total. The molecule has 5 nitrogen and oxygen atoms in total. The minimum Gasteiger partial charge on any atom is -0.366 e. The Morgan fingerprint density at radius 2 is 1.77 bits per heavy atom. The van der Waals surface area contributed by atoms with Gasteiger partial charge in [-0.25, -0.2) is 0 Å². The minimum absolute atomic E-state index is 0.0141. The first-order valence-corrected chi connectivity index (χ1v) is 9.86. The lowest BCUT2D eigenvalue weighted by atomic mass is 10.0. The van der Waals surface area contributed by atoms with Crippen molar-refractivity contribution in [3.05, 3.63) is 70.3 Å². The predicted molar refractivity (Wildman–Crippen MR) is 105 cm³/mol. The molecule has 0 unspecified atom stereocenters. The van der Waals surface area contributed by atoms with Crippen LogP contribution in [0.5, 0.6) is 0 Å². The monoisotopic (exact) mass is 417 g/mol. The second-order valence-corrected chi connectivity index (χ2v) is 7.80. The first-order valence-electron chi connectivity index (χ1n) is 9.86. The summed E-state index contributed by atoms with van der Waals surface area (Å²) in [5.41, 5.74) is 6.48. The zero-order valence-corrected chi connectivity index (χ0v) is 16.3. The number of amides is 2. The first-order chi connectivity index (χ1) is 14.3. The highest BCUT2D eigenvalue weighted by atomic mass is 19.4. The van der Waals surface area contributed by atoms with Gasteiger partial charge in [0.15, 0.2) is 0 Å². The molecule has 0 aliphatic carbocycles. The third-order valence-electron chi connectivity index (χ3n) is 5.95. The summed E-state index contributed by atoms with van der Waals surface area (Å²) in [6.45, 7) is 1.85. The van der Waals surface area contributed by atoms with E-state index in [1.54, 1.807) is 23.1 Å². The van der Waals surface area contributed by atoms with E-state index in [0.717, 1.165) is 11.6 Å². The summed E-state index contributed by atoms with van der Waals surface area (Å²) < 4.78 is 39.7. The number of nitrogens with zero attached hydrogens (tertiary/aromatic N) is 2. The SMILES string of the molecule is NC(=O)c1cccc2c1C(=O)N(C1CCN(Cc3ccccc3C(F)(F)F)CC1)C2. The van der Waals surface area contributed by atoms with Crippen molar-refractivity contribution in [2.45, 2.75) is 38.1 Å². The topological polar surface area (TPSA) is 66.6 Å². The molecular weight excluding hydrogens is 395 g/mol. The summed E-state index contributed by atoms with van der Waals surface area (Å²) in [7, 11) is 0. The lowest BCUT2D eigenvalue weighted by Gasteiger charge is -2.37. The molecule has 2 aliphatic heterocycles. The molecule has 1 saturated heterocycles. The maximum atomic E-state index is 13.2. The highest BCUT2D eigenvalue weighted by Gasteiger charge is 2.37. The number of piperidine rings is 1. The minimum atomic E-state index is -4.37. The van der Waals surface area contributed by atoms with Gasteiger partial charge in [0.1, 0.15) is 0 Å². The number of benzene rings is 2. The van der Waals surface area contributed by atoms with Gasteiger partial charge in [0.2, 0.25) is 5.91 Å². The molecule has 4 rings (SSSR count). The highest BCUT2D eigenvalue weighted by molar-refractivity contribution is 6.09. The highest BCUT2D eigenvalue weighted by Crippen LogP contribution is 2.34. The first kappa shape index (κ1) is 20.4. The molecule has 2 amide bonds. The molecule has 2 heterocycles. The van der Waals surface area contributed by atoms with Gasteiger partial charge in [-0.15, -0.1) is 0 Å². The Hall–Kier alpha value is -2.87. The van der Waals surface area contributed by atoms with E-state index in [-0.39, 0.29) is 29.6 Å². The zero-order chi connectivity index (χ0) is 21.5. The fourth-order valence-electron chi connectivity index (χ4n) is 4.45. The van der Waals surface area contributed by atoms with E-state index in [0.29, 0.717) is 38.0 Å². The maximum Gasteiger partial charge on any atom is 0.416 e. The number of primary amides is 1. The van der Waals surface area contributed by atoms with Gasteiger partial charge in [-0.05, 0) is 36.1 Å². The maximum absolute atomic E-state index is 13.2. The van der Waals surface area contributed by atoms with E-state index in [1.807, 2.05) is 11.0 Å². The molecule has 0 saturated carbocycles. The molecule has 2 aliphatic rings. The van der Waals surface area contributed by atoms with Gasteiger partial charge in [0.25, 0.3) is 5.91 Å². The Kier molecular flexibility index (Phi) is 5.27. The van der Waals surface area contributed by atoms with Crippen LogP contribution in [0.3, 0.4) is 0 Å². The third kappa shape index (κ3) is 3.79. The van der Waals surface area contributed by atoms with Crippen LogP contribution in [0, 0.1) is 0 Å². The molecule has 2 aromatic carbocycles. The Labute approximate surface area is 172 Å². The number of halogens is 3. The summed E-state index contributed by atoms with van der Waals surface area (Å²) >= 11 is 0. The van der Waals surface area contributed by atoms with E-state index >= 15 is 0 Å². The van der Waals surface area contributed by atoms with Crippen LogP contribution in [0.4, 0.5) is 13.2 Å². The molecule has 158 valence electrons. The van der Waals surface area contributed by atoms with Crippen molar-refractivity contribution < 1.29 is 22.8 Å². The lowest BCUT2D eigenvalue weighted by molar-refractivity contribution is -0.138. The summed E-state index contributed by atoms with van der Waals surface area (Å²) in [5, 5.41) is 0. The summed E-state index contributed by atoms with van der Waals surface area (Å²) in [4.78, 5) is 28.3. The van der Waals surface area contributed by atoms with Crippen LogP contribution in [0.2, 0.25) is 0 Å². The summed E-state index contributed by atoms with van der Waals surface area (Å²) in [5.74, 6) is -0.819. The fraction of sp³-hybridized carbons (Fsp3) is 0.364. The van der Waals surface area contributed by atoms with Crippen LogP contribution in [0.1, 0.15) is 50.2 Å². The van der Waals surface area contributed by atoms with Gasteiger partial charge in [0.05, 0.1) is 16.7 Å². The number of hydrogen-bond acceptors (Lipinski definition) is 3. The lowest BCUT2D eigenvalue weighted by Crippen LogP contribution is -2.45. The number of alkyl halides is 3. The fourth-order valence-corrected chi connectivity index (χ4v) is 4.45. The molecule has 0 radical (unpaired) electrons. The molecule has 8 heteroatoms. The third-order valence-corrected chi connectivity index (χ3v) is 5.95. The van der Waals surface area contributed by atoms with Gasteiger partial charge in [-0.2, -0.15) is 13.2 Å². The number of carbonyl (C=O) groups excluding carboxylic acids is 2. The average molecular weight is 417 g/mol. The van der Waals surface area contributed by atoms with E-state index < -0.39 is 17.6 Å². The van der Waals surface area contributed by atoms with Crippen LogP contribution in [0.15, 0.2) is 42.5 Å². The van der Waals surface area contributed by atoms with E-state index in [9.17, 15) is 22.8 Å². The number of rotatable bonds is 4. The van der Waals surface area contributed by atoms with E-state index in [1.165, 1.54) is 12.1 Å². The number of fused-ring (bicyclic) bond motifs is 1. The number of carbonyl (C=O) groups is 2. The van der Waals surface area contributed by atoms with Gasteiger partial charge in [-0.1, -0.05) is 30.3 Å². The second-order valence-electron chi connectivity index (χ2n) is 7.80. The largest absolute Gasteiger partial charge is 0.416 e. The standard InChI is InChI=1S/C22H22F3N3O2/c23-22(24,25)18-7-2-1-4-14(18)12-27-10-8-16(9-11-27)28-13-15-5-3-6-17(20(26)29)19(15)21(28)30/h1-7,16H,8-13H2,(H2,26,29).